The van der Waals surface area contributed by atoms with Gasteiger partial charge in [0.1, 0.15) is 0 Å². The van der Waals surface area contributed by atoms with Gasteiger partial charge in [-0.2, -0.15) is 0 Å². The molecule has 0 unspecified atom stereocenters. The zero-order chi connectivity index (χ0) is 12.2. The van der Waals surface area contributed by atoms with Crippen LogP contribution in [0.1, 0.15) is 0 Å². The number of anilines is 2. The molecule has 3 heterocycles. The SMILES string of the molecule is c1cc(N2CCOCC2)nnc1N1CCOCC1. The first-order chi connectivity index (χ1) is 8.93. The maximum Gasteiger partial charge on any atom is 0.151 e. The predicted octanol–water partition coefficient (Wildman–Crippen LogP) is 0.150. The Balaban J connectivity index is 1.67. The molecule has 0 spiro atoms. The number of morpholine rings is 2. The maximum absolute atomic E-state index is 5.33. The number of aromatic nitrogens is 2. The zero-order valence-electron chi connectivity index (χ0n) is 10.4. The van der Waals surface area contributed by atoms with Crippen LogP contribution in [0.3, 0.4) is 0 Å². The predicted molar refractivity (Wildman–Crippen MR) is 68.1 cm³/mol. The van der Waals surface area contributed by atoms with E-state index < -0.39 is 0 Å². The van der Waals surface area contributed by atoms with Gasteiger partial charge in [-0.3, -0.25) is 0 Å². The summed E-state index contributed by atoms with van der Waals surface area (Å²) in [6.45, 7) is 6.66. The van der Waals surface area contributed by atoms with Gasteiger partial charge in [0.05, 0.1) is 26.4 Å². The Morgan fingerprint density at radius 3 is 1.44 bits per heavy atom. The Bertz CT molecular complexity index is 335. The molecule has 6 nitrogen and oxygen atoms in total. The number of ether oxygens (including phenoxy) is 2. The largest absolute Gasteiger partial charge is 0.378 e. The van der Waals surface area contributed by atoms with Crippen molar-refractivity contribution in [3.05, 3.63) is 12.1 Å². The monoisotopic (exact) mass is 250 g/mol. The van der Waals surface area contributed by atoms with Crippen molar-refractivity contribution in [2.45, 2.75) is 0 Å². The summed E-state index contributed by atoms with van der Waals surface area (Å²) in [7, 11) is 0. The molecule has 1 aromatic heterocycles. The van der Waals surface area contributed by atoms with E-state index in [2.05, 4.69) is 20.0 Å². The van der Waals surface area contributed by atoms with Gasteiger partial charge in [-0.15, -0.1) is 10.2 Å². The molecule has 0 radical (unpaired) electrons. The third kappa shape index (κ3) is 2.54. The van der Waals surface area contributed by atoms with Crippen LogP contribution in [0, 0.1) is 0 Å². The summed E-state index contributed by atoms with van der Waals surface area (Å²) in [6, 6.07) is 4.09. The Morgan fingerprint density at radius 2 is 1.11 bits per heavy atom. The van der Waals surface area contributed by atoms with E-state index in [9.17, 15) is 0 Å². The summed E-state index contributed by atoms with van der Waals surface area (Å²) in [5.74, 6) is 1.88. The smallest absolute Gasteiger partial charge is 0.151 e. The molecule has 0 amide bonds. The van der Waals surface area contributed by atoms with Gasteiger partial charge in [-0.25, -0.2) is 0 Å². The van der Waals surface area contributed by atoms with E-state index >= 15 is 0 Å². The molecule has 2 aliphatic heterocycles. The lowest BCUT2D eigenvalue weighted by atomic mass is 10.3. The van der Waals surface area contributed by atoms with E-state index in [1.54, 1.807) is 0 Å². The molecule has 1 aromatic rings. The van der Waals surface area contributed by atoms with Gasteiger partial charge in [-0.1, -0.05) is 0 Å². The van der Waals surface area contributed by atoms with Crippen LogP contribution in [0.4, 0.5) is 11.6 Å². The molecule has 0 aromatic carbocycles. The lowest BCUT2D eigenvalue weighted by Crippen LogP contribution is -2.38. The molecule has 0 atom stereocenters. The van der Waals surface area contributed by atoms with Gasteiger partial charge in [-0.05, 0) is 12.1 Å². The molecule has 6 heteroatoms. The first-order valence-corrected chi connectivity index (χ1v) is 6.42. The second kappa shape index (κ2) is 5.49. The van der Waals surface area contributed by atoms with Gasteiger partial charge < -0.3 is 19.3 Å². The highest BCUT2D eigenvalue weighted by Crippen LogP contribution is 2.16. The molecular formula is C12H18N4O2. The van der Waals surface area contributed by atoms with Crippen LogP contribution >= 0.6 is 0 Å². The quantitative estimate of drug-likeness (QED) is 0.744. The van der Waals surface area contributed by atoms with Crippen LogP contribution in [-0.2, 0) is 9.47 Å². The molecule has 18 heavy (non-hydrogen) atoms. The summed E-state index contributed by atoms with van der Waals surface area (Å²) in [4.78, 5) is 4.42. The molecule has 0 N–H and O–H groups in total. The third-order valence-corrected chi connectivity index (χ3v) is 3.31. The highest BCUT2D eigenvalue weighted by molar-refractivity contribution is 5.45. The molecule has 0 saturated carbocycles. The Kier molecular flexibility index (Phi) is 3.56. The Hall–Kier alpha value is -1.40. The summed E-state index contributed by atoms with van der Waals surface area (Å²) in [6.07, 6.45) is 0. The maximum atomic E-state index is 5.33. The van der Waals surface area contributed by atoms with Crippen LogP contribution in [0.15, 0.2) is 12.1 Å². The van der Waals surface area contributed by atoms with Crippen molar-refractivity contribution in [1.82, 2.24) is 10.2 Å². The van der Waals surface area contributed by atoms with E-state index in [0.29, 0.717) is 0 Å². The van der Waals surface area contributed by atoms with Crippen LogP contribution < -0.4 is 9.80 Å². The molecule has 2 aliphatic rings. The molecular weight excluding hydrogens is 232 g/mol. The van der Waals surface area contributed by atoms with Gasteiger partial charge >= 0.3 is 0 Å². The highest BCUT2D eigenvalue weighted by atomic mass is 16.5. The van der Waals surface area contributed by atoms with E-state index in [4.69, 9.17) is 9.47 Å². The van der Waals surface area contributed by atoms with Crippen molar-refractivity contribution in [1.29, 1.82) is 0 Å². The molecule has 3 rings (SSSR count). The van der Waals surface area contributed by atoms with Crippen molar-refractivity contribution in [3.63, 3.8) is 0 Å². The first kappa shape index (κ1) is 11.7. The number of hydrogen-bond acceptors (Lipinski definition) is 6. The molecule has 98 valence electrons. The van der Waals surface area contributed by atoms with E-state index in [1.165, 1.54) is 0 Å². The number of rotatable bonds is 2. The fourth-order valence-electron chi connectivity index (χ4n) is 2.24. The van der Waals surface area contributed by atoms with Gasteiger partial charge in [0.2, 0.25) is 0 Å². The van der Waals surface area contributed by atoms with Crippen molar-refractivity contribution < 1.29 is 9.47 Å². The van der Waals surface area contributed by atoms with Crippen molar-refractivity contribution >= 4 is 11.6 Å². The second-order valence-electron chi connectivity index (χ2n) is 4.45. The summed E-state index contributed by atoms with van der Waals surface area (Å²) in [5.41, 5.74) is 0. The van der Waals surface area contributed by atoms with Gasteiger partial charge in [0.15, 0.2) is 11.6 Å². The first-order valence-electron chi connectivity index (χ1n) is 6.42. The third-order valence-electron chi connectivity index (χ3n) is 3.31. The molecule has 2 fully saturated rings. The van der Waals surface area contributed by atoms with Crippen molar-refractivity contribution in [2.24, 2.45) is 0 Å². The van der Waals surface area contributed by atoms with Gasteiger partial charge in [0, 0.05) is 26.2 Å². The minimum absolute atomic E-state index is 0.771. The van der Waals surface area contributed by atoms with Gasteiger partial charge in [0.25, 0.3) is 0 Å². The second-order valence-corrected chi connectivity index (χ2v) is 4.45. The van der Waals surface area contributed by atoms with Crippen LogP contribution in [0.2, 0.25) is 0 Å². The van der Waals surface area contributed by atoms with Crippen LogP contribution in [0.25, 0.3) is 0 Å². The fourth-order valence-corrected chi connectivity index (χ4v) is 2.24. The van der Waals surface area contributed by atoms with E-state index in [1.807, 2.05) is 12.1 Å². The average molecular weight is 250 g/mol. The van der Waals surface area contributed by atoms with Crippen molar-refractivity contribution in [3.8, 4) is 0 Å². The lowest BCUT2D eigenvalue weighted by molar-refractivity contribution is 0.121. The summed E-state index contributed by atoms with van der Waals surface area (Å²) < 4.78 is 10.7. The van der Waals surface area contributed by atoms with E-state index in [-0.39, 0.29) is 0 Å². The minimum atomic E-state index is 0.771. The zero-order valence-corrected chi connectivity index (χ0v) is 10.4. The summed E-state index contributed by atoms with van der Waals surface area (Å²) in [5, 5.41) is 8.63. The standard InChI is InChI=1S/C12H18N4O2/c1-2-12(16-5-9-18-10-6-16)14-13-11(1)15-3-7-17-8-4-15/h1-2H,3-10H2. The molecule has 0 aliphatic carbocycles. The van der Waals surface area contributed by atoms with E-state index in [0.717, 1.165) is 64.2 Å². The minimum Gasteiger partial charge on any atom is -0.378 e. The topological polar surface area (TPSA) is 50.7 Å². The normalized spacial score (nSPS) is 21.1. The Labute approximate surface area is 106 Å². The molecule has 0 bridgehead atoms. The lowest BCUT2D eigenvalue weighted by Gasteiger charge is -2.29. The fraction of sp³-hybridized carbons (Fsp3) is 0.667. The highest BCUT2D eigenvalue weighted by Gasteiger charge is 2.15. The van der Waals surface area contributed by atoms with Crippen LogP contribution in [-0.4, -0.2) is 62.8 Å². The van der Waals surface area contributed by atoms with Crippen molar-refractivity contribution in [2.75, 3.05) is 62.4 Å². The Morgan fingerprint density at radius 1 is 0.722 bits per heavy atom. The number of hydrogen-bond donors (Lipinski definition) is 0. The summed E-state index contributed by atoms with van der Waals surface area (Å²) >= 11 is 0. The number of nitrogens with zero attached hydrogens (tertiary/aromatic N) is 4. The molecule has 2 saturated heterocycles. The average Bonchev–Trinajstić information content (AvgIpc) is 2.49. The van der Waals surface area contributed by atoms with Crippen LogP contribution in [0.5, 0.6) is 0 Å².